The minimum Gasteiger partial charge on any atom is -0.366 e. The van der Waals surface area contributed by atoms with Crippen LogP contribution in [0.3, 0.4) is 0 Å². The van der Waals surface area contributed by atoms with Crippen molar-refractivity contribution in [2.45, 2.75) is 32.4 Å². The molecular formula is C17H24N2O2. The zero-order valence-electron chi connectivity index (χ0n) is 12.8. The molecule has 1 aromatic carbocycles. The summed E-state index contributed by atoms with van der Waals surface area (Å²) >= 11 is 0. The van der Waals surface area contributed by atoms with Crippen molar-refractivity contribution in [1.29, 1.82) is 0 Å². The third-order valence-electron chi connectivity index (χ3n) is 4.37. The van der Waals surface area contributed by atoms with Crippen molar-refractivity contribution in [3.8, 4) is 0 Å². The molecule has 2 heterocycles. The second kappa shape index (κ2) is 6.58. The van der Waals surface area contributed by atoms with E-state index in [0.717, 1.165) is 39.0 Å². The van der Waals surface area contributed by atoms with Crippen LogP contribution in [-0.2, 0) is 16.1 Å². The van der Waals surface area contributed by atoms with Gasteiger partial charge in [0.05, 0.1) is 6.61 Å². The molecule has 0 bridgehead atoms. The number of amides is 1. The SMILES string of the molecule is Cc1ccc(CN2CCOC(C(=O)N3CCCC3)C2)cc1. The molecule has 0 radical (unpaired) electrons. The van der Waals surface area contributed by atoms with Gasteiger partial charge in [-0.05, 0) is 25.3 Å². The summed E-state index contributed by atoms with van der Waals surface area (Å²) < 4.78 is 5.71. The Kier molecular flexibility index (Phi) is 4.56. The van der Waals surface area contributed by atoms with Crippen LogP contribution in [0, 0.1) is 6.92 Å². The first kappa shape index (κ1) is 14.5. The van der Waals surface area contributed by atoms with Gasteiger partial charge in [-0.15, -0.1) is 0 Å². The molecule has 0 saturated carbocycles. The van der Waals surface area contributed by atoms with Crippen LogP contribution in [0.5, 0.6) is 0 Å². The lowest BCUT2D eigenvalue weighted by molar-refractivity contribution is -0.148. The molecule has 1 aromatic rings. The van der Waals surface area contributed by atoms with Gasteiger partial charge in [0.1, 0.15) is 6.10 Å². The topological polar surface area (TPSA) is 32.8 Å². The van der Waals surface area contributed by atoms with E-state index in [0.29, 0.717) is 13.2 Å². The maximum absolute atomic E-state index is 12.4. The van der Waals surface area contributed by atoms with Crippen LogP contribution in [-0.4, -0.2) is 54.6 Å². The summed E-state index contributed by atoms with van der Waals surface area (Å²) in [5, 5.41) is 0. The van der Waals surface area contributed by atoms with Gasteiger partial charge in [-0.1, -0.05) is 29.8 Å². The van der Waals surface area contributed by atoms with Crippen LogP contribution >= 0.6 is 0 Å². The zero-order chi connectivity index (χ0) is 14.7. The van der Waals surface area contributed by atoms with Crippen LogP contribution in [0.25, 0.3) is 0 Å². The molecule has 21 heavy (non-hydrogen) atoms. The number of carbonyl (C=O) groups excluding carboxylic acids is 1. The standard InChI is InChI=1S/C17H24N2O2/c1-14-4-6-15(7-5-14)12-18-10-11-21-16(13-18)17(20)19-8-2-3-9-19/h4-7,16H,2-3,8-13H2,1H3. The molecule has 4 nitrogen and oxygen atoms in total. The Balaban J connectivity index is 1.57. The molecular weight excluding hydrogens is 264 g/mol. The van der Waals surface area contributed by atoms with E-state index in [2.05, 4.69) is 36.1 Å². The van der Waals surface area contributed by atoms with E-state index in [4.69, 9.17) is 4.74 Å². The summed E-state index contributed by atoms with van der Waals surface area (Å²) in [5.74, 6) is 0.182. The third-order valence-corrected chi connectivity index (χ3v) is 4.37. The van der Waals surface area contributed by atoms with E-state index >= 15 is 0 Å². The minimum atomic E-state index is -0.276. The highest BCUT2D eigenvalue weighted by molar-refractivity contribution is 5.81. The largest absolute Gasteiger partial charge is 0.366 e. The number of morpholine rings is 1. The van der Waals surface area contributed by atoms with Crippen LogP contribution in [0.4, 0.5) is 0 Å². The summed E-state index contributed by atoms with van der Waals surface area (Å²) in [6.07, 6.45) is 1.99. The van der Waals surface area contributed by atoms with Gasteiger partial charge in [0.2, 0.25) is 0 Å². The summed E-state index contributed by atoms with van der Waals surface area (Å²) in [6, 6.07) is 8.62. The number of hydrogen-bond donors (Lipinski definition) is 0. The molecule has 0 aromatic heterocycles. The molecule has 3 rings (SSSR count). The number of ether oxygens (including phenoxy) is 1. The fourth-order valence-electron chi connectivity index (χ4n) is 3.09. The Hall–Kier alpha value is -1.39. The highest BCUT2D eigenvalue weighted by Crippen LogP contribution is 2.16. The van der Waals surface area contributed by atoms with Gasteiger partial charge < -0.3 is 9.64 Å². The third kappa shape index (κ3) is 3.63. The Labute approximate surface area is 126 Å². The molecule has 1 atom stereocenters. The number of hydrogen-bond acceptors (Lipinski definition) is 3. The highest BCUT2D eigenvalue weighted by atomic mass is 16.5. The van der Waals surface area contributed by atoms with Gasteiger partial charge in [-0.2, -0.15) is 0 Å². The molecule has 0 N–H and O–H groups in total. The molecule has 2 saturated heterocycles. The second-order valence-electron chi connectivity index (χ2n) is 6.11. The van der Waals surface area contributed by atoms with Gasteiger partial charge in [0.25, 0.3) is 5.91 Å². The zero-order valence-corrected chi connectivity index (χ0v) is 12.8. The molecule has 0 aliphatic carbocycles. The van der Waals surface area contributed by atoms with Crippen molar-refractivity contribution >= 4 is 5.91 Å². The van der Waals surface area contributed by atoms with Gasteiger partial charge in [0.15, 0.2) is 0 Å². The summed E-state index contributed by atoms with van der Waals surface area (Å²) in [4.78, 5) is 16.7. The predicted molar refractivity (Wildman–Crippen MR) is 82.0 cm³/mol. The Morgan fingerprint density at radius 1 is 1.19 bits per heavy atom. The molecule has 2 aliphatic rings. The second-order valence-corrected chi connectivity index (χ2v) is 6.11. The maximum Gasteiger partial charge on any atom is 0.253 e. The van der Waals surface area contributed by atoms with Gasteiger partial charge in [0, 0.05) is 32.7 Å². The summed E-state index contributed by atoms with van der Waals surface area (Å²) in [5.41, 5.74) is 2.58. The van der Waals surface area contributed by atoms with E-state index in [-0.39, 0.29) is 12.0 Å². The number of rotatable bonds is 3. The van der Waals surface area contributed by atoms with Crippen molar-refractivity contribution in [2.75, 3.05) is 32.8 Å². The first-order valence-electron chi connectivity index (χ1n) is 7.91. The number of benzene rings is 1. The van der Waals surface area contributed by atoms with Crippen molar-refractivity contribution in [2.24, 2.45) is 0 Å². The van der Waals surface area contributed by atoms with E-state index < -0.39 is 0 Å². The highest BCUT2D eigenvalue weighted by Gasteiger charge is 2.31. The van der Waals surface area contributed by atoms with Crippen LogP contribution in [0.1, 0.15) is 24.0 Å². The van der Waals surface area contributed by atoms with Gasteiger partial charge >= 0.3 is 0 Å². The van der Waals surface area contributed by atoms with Crippen molar-refractivity contribution < 1.29 is 9.53 Å². The maximum atomic E-state index is 12.4. The van der Waals surface area contributed by atoms with Crippen LogP contribution in [0.2, 0.25) is 0 Å². The monoisotopic (exact) mass is 288 g/mol. The normalized spacial score (nSPS) is 23.5. The molecule has 1 amide bonds. The van der Waals surface area contributed by atoms with Crippen molar-refractivity contribution in [1.82, 2.24) is 9.80 Å². The molecule has 4 heteroatoms. The summed E-state index contributed by atoms with van der Waals surface area (Å²) in [6.45, 7) is 7.06. The Morgan fingerprint density at radius 2 is 1.90 bits per heavy atom. The van der Waals surface area contributed by atoms with Crippen molar-refractivity contribution in [3.63, 3.8) is 0 Å². The Morgan fingerprint density at radius 3 is 2.62 bits per heavy atom. The van der Waals surface area contributed by atoms with Gasteiger partial charge in [-0.3, -0.25) is 9.69 Å². The fourth-order valence-corrected chi connectivity index (χ4v) is 3.09. The fraction of sp³-hybridized carbons (Fsp3) is 0.588. The van der Waals surface area contributed by atoms with Gasteiger partial charge in [-0.25, -0.2) is 0 Å². The van der Waals surface area contributed by atoms with E-state index in [1.165, 1.54) is 11.1 Å². The van der Waals surface area contributed by atoms with Crippen LogP contribution in [0.15, 0.2) is 24.3 Å². The molecule has 2 fully saturated rings. The lowest BCUT2D eigenvalue weighted by atomic mass is 10.1. The first-order chi connectivity index (χ1) is 10.2. The lowest BCUT2D eigenvalue weighted by Crippen LogP contribution is -2.50. The van der Waals surface area contributed by atoms with Crippen LogP contribution < -0.4 is 0 Å². The smallest absolute Gasteiger partial charge is 0.253 e. The lowest BCUT2D eigenvalue weighted by Gasteiger charge is -2.34. The quantitative estimate of drug-likeness (QED) is 0.850. The van der Waals surface area contributed by atoms with Crippen molar-refractivity contribution in [3.05, 3.63) is 35.4 Å². The summed E-state index contributed by atoms with van der Waals surface area (Å²) in [7, 11) is 0. The number of carbonyl (C=O) groups is 1. The first-order valence-corrected chi connectivity index (χ1v) is 7.91. The van der Waals surface area contributed by atoms with E-state index in [1.807, 2.05) is 4.90 Å². The van der Waals surface area contributed by atoms with E-state index in [1.54, 1.807) is 0 Å². The molecule has 0 spiro atoms. The number of aryl methyl sites for hydroxylation is 1. The minimum absolute atomic E-state index is 0.182. The number of likely N-dealkylation sites (tertiary alicyclic amines) is 1. The Bertz CT molecular complexity index is 480. The average Bonchev–Trinajstić information content (AvgIpc) is 3.03. The molecule has 1 unspecified atom stereocenters. The van der Waals surface area contributed by atoms with E-state index in [9.17, 15) is 4.79 Å². The predicted octanol–water partition coefficient (Wildman–Crippen LogP) is 1.82. The number of nitrogens with zero attached hydrogens (tertiary/aromatic N) is 2. The average molecular weight is 288 g/mol. The molecule has 114 valence electrons. The molecule has 2 aliphatic heterocycles.